The molecule has 1 heterocycles. The van der Waals surface area contributed by atoms with Gasteiger partial charge in [0, 0.05) is 6.20 Å². The first-order chi connectivity index (χ1) is 9.99. The number of hydrogen-bond acceptors (Lipinski definition) is 3. The van der Waals surface area contributed by atoms with Gasteiger partial charge in [-0.2, -0.15) is 0 Å². The lowest BCUT2D eigenvalue weighted by molar-refractivity contribution is 0.0690. The summed E-state index contributed by atoms with van der Waals surface area (Å²) in [6, 6.07) is 6.11. The molecule has 108 valence electrons. The van der Waals surface area contributed by atoms with E-state index in [2.05, 4.69) is 10.3 Å². The number of nitrogens with zero attached hydrogens (tertiary/aromatic N) is 1. The Balaban J connectivity index is 2.22. The Morgan fingerprint density at radius 1 is 1.14 bits per heavy atom. The van der Waals surface area contributed by atoms with Crippen molar-refractivity contribution in [1.82, 2.24) is 10.3 Å². The Hall–Kier alpha value is -2.83. The van der Waals surface area contributed by atoms with Crippen molar-refractivity contribution in [1.29, 1.82) is 0 Å². The third kappa shape index (κ3) is 3.38. The van der Waals surface area contributed by atoms with E-state index in [1.807, 2.05) is 0 Å². The van der Waals surface area contributed by atoms with Crippen molar-refractivity contribution in [3.05, 3.63) is 65.0 Å². The molecular formula is C14H10F2N2O3. The monoisotopic (exact) mass is 292 g/mol. The predicted octanol–water partition coefficient (Wildman–Crippen LogP) is 1.99. The van der Waals surface area contributed by atoms with Crippen LogP contribution >= 0.6 is 0 Å². The fraction of sp³-hybridized carbons (Fsp3) is 0.0714. The van der Waals surface area contributed by atoms with Crippen molar-refractivity contribution in [3.8, 4) is 0 Å². The molecule has 1 aromatic heterocycles. The molecule has 0 fully saturated rings. The number of nitrogens with one attached hydrogen (secondary N) is 1. The lowest BCUT2D eigenvalue weighted by Crippen LogP contribution is -2.25. The third-order valence-electron chi connectivity index (χ3n) is 2.69. The molecule has 0 aliphatic heterocycles. The molecule has 0 saturated carbocycles. The number of amides is 1. The summed E-state index contributed by atoms with van der Waals surface area (Å²) in [7, 11) is 0. The van der Waals surface area contributed by atoms with Crippen LogP contribution < -0.4 is 5.32 Å². The second-order valence-corrected chi connectivity index (χ2v) is 4.12. The van der Waals surface area contributed by atoms with Gasteiger partial charge in [-0.1, -0.05) is 6.07 Å². The van der Waals surface area contributed by atoms with Gasteiger partial charge >= 0.3 is 5.97 Å². The average molecular weight is 292 g/mol. The zero-order valence-corrected chi connectivity index (χ0v) is 10.6. The van der Waals surface area contributed by atoms with Gasteiger partial charge in [0.1, 0.15) is 0 Å². The van der Waals surface area contributed by atoms with Crippen LogP contribution in [0.1, 0.15) is 26.4 Å². The highest BCUT2D eigenvalue weighted by molar-refractivity contribution is 6.04. The van der Waals surface area contributed by atoms with E-state index in [-0.39, 0.29) is 6.54 Å². The average Bonchev–Trinajstić information content (AvgIpc) is 2.48. The van der Waals surface area contributed by atoms with Gasteiger partial charge in [0.25, 0.3) is 5.91 Å². The molecule has 2 rings (SSSR count). The lowest BCUT2D eigenvalue weighted by Gasteiger charge is -2.08. The Bertz CT molecular complexity index is 690. The number of aromatic nitrogens is 1. The standard InChI is InChI=1S/C14H10F2N2O3/c15-11-5-9(10(14(20)21)6-12(11)16)13(19)18-7-8-3-1-2-4-17-8/h1-6H,7H2,(H,18,19)(H,20,21). The summed E-state index contributed by atoms with van der Waals surface area (Å²) in [5.41, 5.74) is -0.505. The first-order valence-corrected chi connectivity index (χ1v) is 5.89. The first kappa shape index (κ1) is 14.6. The molecule has 7 heteroatoms. The van der Waals surface area contributed by atoms with Gasteiger partial charge in [-0.15, -0.1) is 0 Å². The minimum absolute atomic E-state index is 0.0394. The number of hydrogen-bond donors (Lipinski definition) is 2. The molecule has 0 unspecified atom stereocenters. The summed E-state index contributed by atoms with van der Waals surface area (Å²) in [5, 5.41) is 11.3. The fourth-order valence-electron chi connectivity index (χ4n) is 1.68. The number of carboxylic acid groups (broad SMARTS) is 1. The Morgan fingerprint density at radius 3 is 2.38 bits per heavy atom. The smallest absolute Gasteiger partial charge is 0.336 e. The number of carbonyl (C=O) groups excluding carboxylic acids is 1. The summed E-state index contributed by atoms with van der Waals surface area (Å²) in [6.45, 7) is 0.0394. The zero-order chi connectivity index (χ0) is 15.4. The number of pyridine rings is 1. The van der Waals surface area contributed by atoms with Crippen LogP contribution in [-0.4, -0.2) is 22.0 Å². The maximum Gasteiger partial charge on any atom is 0.336 e. The fourth-order valence-corrected chi connectivity index (χ4v) is 1.68. The molecular weight excluding hydrogens is 282 g/mol. The zero-order valence-electron chi connectivity index (χ0n) is 10.6. The van der Waals surface area contributed by atoms with E-state index in [1.54, 1.807) is 18.2 Å². The van der Waals surface area contributed by atoms with Crippen molar-refractivity contribution in [2.45, 2.75) is 6.54 Å². The summed E-state index contributed by atoms with van der Waals surface area (Å²) >= 11 is 0. The number of carboxylic acids is 1. The maximum atomic E-state index is 13.2. The van der Waals surface area contributed by atoms with Crippen molar-refractivity contribution < 1.29 is 23.5 Å². The topological polar surface area (TPSA) is 79.3 Å². The summed E-state index contributed by atoms with van der Waals surface area (Å²) in [5.74, 6) is -4.95. The van der Waals surface area contributed by atoms with Crippen LogP contribution in [0.25, 0.3) is 0 Å². The second-order valence-electron chi connectivity index (χ2n) is 4.12. The highest BCUT2D eigenvalue weighted by Crippen LogP contribution is 2.15. The van der Waals surface area contributed by atoms with Gasteiger partial charge in [0.15, 0.2) is 11.6 Å². The van der Waals surface area contributed by atoms with Crippen LogP contribution in [0.5, 0.6) is 0 Å². The second kappa shape index (κ2) is 6.08. The van der Waals surface area contributed by atoms with E-state index < -0.39 is 34.6 Å². The van der Waals surface area contributed by atoms with Gasteiger partial charge in [0.05, 0.1) is 23.4 Å². The molecule has 21 heavy (non-hydrogen) atoms. The van der Waals surface area contributed by atoms with Crippen LogP contribution in [0.2, 0.25) is 0 Å². The Kier molecular flexibility index (Phi) is 4.22. The minimum atomic E-state index is -1.52. The van der Waals surface area contributed by atoms with E-state index in [4.69, 9.17) is 5.11 Å². The number of carbonyl (C=O) groups is 2. The molecule has 2 aromatic rings. The summed E-state index contributed by atoms with van der Waals surface area (Å²) < 4.78 is 26.2. The molecule has 0 saturated heterocycles. The van der Waals surface area contributed by atoms with Gasteiger partial charge < -0.3 is 10.4 Å². The SMILES string of the molecule is O=C(O)c1cc(F)c(F)cc1C(=O)NCc1ccccn1. The van der Waals surface area contributed by atoms with Crippen LogP contribution in [-0.2, 0) is 6.54 Å². The first-order valence-electron chi connectivity index (χ1n) is 5.89. The molecule has 0 radical (unpaired) electrons. The molecule has 0 spiro atoms. The van der Waals surface area contributed by atoms with E-state index in [0.717, 1.165) is 0 Å². The Morgan fingerprint density at radius 2 is 1.81 bits per heavy atom. The van der Waals surface area contributed by atoms with E-state index in [0.29, 0.717) is 17.8 Å². The molecule has 2 N–H and O–H groups in total. The molecule has 0 aliphatic carbocycles. The molecule has 1 aromatic carbocycles. The number of aromatic carboxylic acids is 1. The van der Waals surface area contributed by atoms with Gasteiger partial charge in [-0.3, -0.25) is 9.78 Å². The van der Waals surface area contributed by atoms with Gasteiger partial charge in [-0.05, 0) is 24.3 Å². The predicted molar refractivity (Wildman–Crippen MR) is 68.7 cm³/mol. The highest BCUT2D eigenvalue weighted by atomic mass is 19.2. The van der Waals surface area contributed by atoms with Crippen molar-refractivity contribution in [2.24, 2.45) is 0 Å². The highest BCUT2D eigenvalue weighted by Gasteiger charge is 2.20. The third-order valence-corrected chi connectivity index (χ3v) is 2.69. The number of rotatable bonds is 4. The minimum Gasteiger partial charge on any atom is -0.478 e. The lowest BCUT2D eigenvalue weighted by atomic mass is 10.1. The summed E-state index contributed by atoms with van der Waals surface area (Å²) in [4.78, 5) is 26.9. The van der Waals surface area contributed by atoms with Gasteiger partial charge in [0.2, 0.25) is 0 Å². The normalized spacial score (nSPS) is 10.2. The van der Waals surface area contributed by atoms with Crippen molar-refractivity contribution >= 4 is 11.9 Å². The van der Waals surface area contributed by atoms with E-state index in [9.17, 15) is 18.4 Å². The molecule has 0 bridgehead atoms. The van der Waals surface area contributed by atoms with Crippen LogP contribution in [0.15, 0.2) is 36.5 Å². The maximum absolute atomic E-state index is 13.2. The summed E-state index contributed by atoms with van der Waals surface area (Å²) in [6.07, 6.45) is 1.53. The molecule has 5 nitrogen and oxygen atoms in total. The number of halogens is 2. The largest absolute Gasteiger partial charge is 0.478 e. The molecule has 0 aliphatic rings. The van der Waals surface area contributed by atoms with E-state index in [1.165, 1.54) is 6.20 Å². The van der Waals surface area contributed by atoms with Crippen molar-refractivity contribution in [2.75, 3.05) is 0 Å². The van der Waals surface area contributed by atoms with Crippen LogP contribution in [0.3, 0.4) is 0 Å². The number of benzene rings is 1. The van der Waals surface area contributed by atoms with E-state index >= 15 is 0 Å². The van der Waals surface area contributed by atoms with Crippen LogP contribution in [0.4, 0.5) is 8.78 Å². The van der Waals surface area contributed by atoms with Crippen LogP contribution in [0, 0.1) is 11.6 Å². The van der Waals surface area contributed by atoms with Crippen molar-refractivity contribution in [3.63, 3.8) is 0 Å². The van der Waals surface area contributed by atoms with Gasteiger partial charge in [-0.25, -0.2) is 13.6 Å². The quantitative estimate of drug-likeness (QED) is 0.903. The molecule has 0 atom stereocenters. The molecule has 1 amide bonds. The Labute approximate surface area is 118 Å².